The van der Waals surface area contributed by atoms with E-state index in [1.807, 2.05) is 0 Å². The molecule has 0 spiro atoms. The molecule has 0 saturated heterocycles. The second-order valence-corrected chi connectivity index (χ2v) is 4.61. The smallest absolute Gasteiger partial charge is 0.122 e. The average Bonchev–Trinajstić information content (AvgIpc) is 2.36. The molecule has 1 nitrogen and oxygen atoms in total. The molecule has 16 heavy (non-hydrogen) atoms. The zero-order valence-corrected chi connectivity index (χ0v) is 11.1. The van der Waals surface area contributed by atoms with Gasteiger partial charge < -0.3 is 4.74 Å². The van der Waals surface area contributed by atoms with Gasteiger partial charge in [0.1, 0.15) is 5.75 Å². The molecule has 2 heteroatoms. The number of halogens is 1. The normalized spacial score (nSPS) is 12.7. The van der Waals surface area contributed by atoms with E-state index in [9.17, 15) is 0 Å². The molecule has 1 unspecified atom stereocenters. The first-order valence-corrected chi connectivity index (χ1v) is 6.51. The van der Waals surface area contributed by atoms with E-state index in [4.69, 9.17) is 4.74 Å². The van der Waals surface area contributed by atoms with Crippen LogP contribution >= 0.6 is 15.9 Å². The van der Waals surface area contributed by atoms with Crippen molar-refractivity contribution in [3.05, 3.63) is 42.0 Å². The number of methoxy groups -OCH3 is 1. The molecule has 0 aliphatic heterocycles. The van der Waals surface area contributed by atoms with Crippen LogP contribution in [0, 0.1) is 0 Å². The number of fused-ring (bicyclic) bond motifs is 1. The van der Waals surface area contributed by atoms with E-state index < -0.39 is 0 Å². The average molecular weight is 279 g/mol. The molecule has 2 aromatic carbocycles. The summed E-state index contributed by atoms with van der Waals surface area (Å²) in [4.78, 5) is 0. The molecular formula is C14H15BrO. The number of hydrogen-bond acceptors (Lipinski definition) is 1. The quantitative estimate of drug-likeness (QED) is 0.759. The Labute approximate surface area is 105 Å². The maximum absolute atomic E-state index is 5.46. The second kappa shape index (κ2) is 4.88. The summed E-state index contributed by atoms with van der Waals surface area (Å²) in [7, 11) is 1.73. The summed E-state index contributed by atoms with van der Waals surface area (Å²) < 4.78 is 5.46. The SMILES string of the molecule is COc1ccc2ccccc2c1C(C)CBr. The highest BCUT2D eigenvalue weighted by Gasteiger charge is 2.13. The molecule has 0 aliphatic carbocycles. The zero-order valence-electron chi connectivity index (χ0n) is 9.53. The Morgan fingerprint density at radius 2 is 1.94 bits per heavy atom. The number of hydrogen-bond donors (Lipinski definition) is 0. The van der Waals surface area contributed by atoms with E-state index in [-0.39, 0.29) is 0 Å². The molecule has 0 saturated carbocycles. The fourth-order valence-corrected chi connectivity index (χ4v) is 2.36. The van der Waals surface area contributed by atoms with Gasteiger partial charge in [-0.1, -0.05) is 53.2 Å². The van der Waals surface area contributed by atoms with Crippen LogP contribution in [0.15, 0.2) is 36.4 Å². The molecule has 2 aromatic rings. The van der Waals surface area contributed by atoms with E-state index in [1.54, 1.807) is 7.11 Å². The van der Waals surface area contributed by atoms with Crippen molar-refractivity contribution in [3.63, 3.8) is 0 Å². The van der Waals surface area contributed by atoms with E-state index in [2.05, 4.69) is 59.3 Å². The Morgan fingerprint density at radius 3 is 2.62 bits per heavy atom. The van der Waals surface area contributed by atoms with E-state index in [0.717, 1.165) is 11.1 Å². The van der Waals surface area contributed by atoms with Gasteiger partial charge in [-0.25, -0.2) is 0 Å². The zero-order chi connectivity index (χ0) is 11.5. The van der Waals surface area contributed by atoms with E-state index >= 15 is 0 Å². The lowest BCUT2D eigenvalue weighted by molar-refractivity contribution is 0.409. The van der Waals surface area contributed by atoms with Crippen LogP contribution < -0.4 is 4.74 Å². The summed E-state index contributed by atoms with van der Waals surface area (Å²) in [5.41, 5.74) is 1.29. The predicted molar refractivity (Wildman–Crippen MR) is 72.7 cm³/mol. The molecule has 0 aliphatic rings. The predicted octanol–water partition coefficient (Wildman–Crippen LogP) is 4.35. The van der Waals surface area contributed by atoms with Crippen molar-refractivity contribution >= 4 is 26.7 Å². The highest BCUT2D eigenvalue weighted by atomic mass is 79.9. The van der Waals surface area contributed by atoms with E-state index in [1.165, 1.54) is 16.3 Å². The van der Waals surface area contributed by atoms with Crippen molar-refractivity contribution in [1.29, 1.82) is 0 Å². The molecule has 0 amide bonds. The van der Waals surface area contributed by atoms with Crippen molar-refractivity contribution in [2.24, 2.45) is 0 Å². The van der Waals surface area contributed by atoms with Gasteiger partial charge in [0.25, 0.3) is 0 Å². The van der Waals surface area contributed by atoms with Crippen LogP contribution in [0.2, 0.25) is 0 Å². The number of rotatable bonds is 3. The highest BCUT2D eigenvalue weighted by Crippen LogP contribution is 2.34. The molecule has 2 rings (SSSR count). The van der Waals surface area contributed by atoms with Gasteiger partial charge in [0.15, 0.2) is 0 Å². The van der Waals surface area contributed by atoms with Crippen LogP contribution in [0.3, 0.4) is 0 Å². The summed E-state index contributed by atoms with van der Waals surface area (Å²) in [6.45, 7) is 2.21. The summed E-state index contributed by atoms with van der Waals surface area (Å²) >= 11 is 3.55. The summed E-state index contributed by atoms with van der Waals surface area (Å²) in [6.07, 6.45) is 0. The first kappa shape index (κ1) is 11.5. The Morgan fingerprint density at radius 1 is 1.19 bits per heavy atom. The molecule has 0 bridgehead atoms. The fourth-order valence-electron chi connectivity index (χ4n) is 2.04. The molecule has 0 aromatic heterocycles. The minimum absolute atomic E-state index is 0.445. The van der Waals surface area contributed by atoms with Crippen LogP contribution in [0.25, 0.3) is 10.8 Å². The second-order valence-electron chi connectivity index (χ2n) is 3.96. The number of alkyl halides is 1. The lowest BCUT2D eigenvalue weighted by atomic mass is 9.95. The molecule has 0 N–H and O–H groups in total. The van der Waals surface area contributed by atoms with Gasteiger partial charge in [0.2, 0.25) is 0 Å². The Bertz CT molecular complexity index is 493. The lowest BCUT2D eigenvalue weighted by Gasteiger charge is -2.16. The van der Waals surface area contributed by atoms with Crippen LogP contribution in [0.1, 0.15) is 18.4 Å². The van der Waals surface area contributed by atoms with Gasteiger partial charge in [-0.2, -0.15) is 0 Å². The molecule has 0 fully saturated rings. The number of ether oxygens (including phenoxy) is 1. The first-order valence-electron chi connectivity index (χ1n) is 5.39. The van der Waals surface area contributed by atoms with Gasteiger partial charge in [-0.15, -0.1) is 0 Å². The number of benzene rings is 2. The first-order chi connectivity index (χ1) is 7.77. The highest BCUT2D eigenvalue weighted by molar-refractivity contribution is 9.09. The minimum Gasteiger partial charge on any atom is -0.496 e. The van der Waals surface area contributed by atoms with Crippen molar-refractivity contribution < 1.29 is 4.74 Å². The molecule has 0 radical (unpaired) electrons. The topological polar surface area (TPSA) is 9.23 Å². The van der Waals surface area contributed by atoms with Gasteiger partial charge in [-0.3, -0.25) is 0 Å². The van der Waals surface area contributed by atoms with Crippen molar-refractivity contribution in [2.45, 2.75) is 12.8 Å². The van der Waals surface area contributed by atoms with Crippen LogP contribution in [-0.2, 0) is 0 Å². The third-order valence-electron chi connectivity index (χ3n) is 2.87. The largest absolute Gasteiger partial charge is 0.496 e. The van der Waals surface area contributed by atoms with Gasteiger partial charge >= 0.3 is 0 Å². The third-order valence-corrected chi connectivity index (χ3v) is 3.85. The minimum atomic E-state index is 0.445. The van der Waals surface area contributed by atoms with Crippen LogP contribution in [0.4, 0.5) is 0 Å². The molecule has 1 atom stereocenters. The molecule has 0 heterocycles. The third kappa shape index (κ3) is 1.94. The lowest BCUT2D eigenvalue weighted by Crippen LogP contribution is -1.99. The molecular weight excluding hydrogens is 264 g/mol. The van der Waals surface area contributed by atoms with E-state index in [0.29, 0.717) is 5.92 Å². The van der Waals surface area contributed by atoms with Gasteiger partial charge in [0.05, 0.1) is 7.11 Å². The fraction of sp³-hybridized carbons (Fsp3) is 0.286. The Balaban J connectivity index is 2.72. The monoisotopic (exact) mass is 278 g/mol. The summed E-state index contributed by atoms with van der Waals surface area (Å²) in [5.74, 6) is 1.42. The van der Waals surface area contributed by atoms with Crippen LogP contribution in [0.5, 0.6) is 5.75 Å². The van der Waals surface area contributed by atoms with Gasteiger partial charge in [0, 0.05) is 10.9 Å². The summed E-state index contributed by atoms with van der Waals surface area (Å²) in [5, 5.41) is 3.50. The molecule has 84 valence electrons. The van der Waals surface area contributed by atoms with Gasteiger partial charge in [-0.05, 0) is 22.8 Å². The van der Waals surface area contributed by atoms with Crippen molar-refractivity contribution in [2.75, 3.05) is 12.4 Å². The summed E-state index contributed by atoms with van der Waals surface area (Å²) in [6, 6.07) is 12.6. The van der Waals surface area contributed by atoms with Crippen LogP contribution in [-0.4, -0.2) is 12.4 Å². The maximum atomic E-state index is 5.46. The van der Waals surface area contributed by atoms with Crippen molar-refractivity contribution in [1.82, 2.24) is 0 Å². The standard InChI is InChI=1S/C14H15BrO/c1-10(9-15)14-12-6-4-3-5-11(12)7-8-13(14)16-2/h3-8,10H,9H2,1-2H3. The Kier molecular flexibility index (Phi) is 3.49. The Hall–Kier alpha value is -1.02. The maximum Gasteiger partial charge on any atom is 0.122 e. The van der Waals surface area contributed by atoms with Crippen molar-refractivity contribution in [3.8, 4) is 5.75 Å².